The third-order valence-electron chi connectivity index (χ3n) is 3.52. The molecule has 0 aliphatic heterocycles. The summed E-state index contributed by atoms with van der Waals surface area (Å²) in [6, 6.07) is 3.28. The minimum atomic E-state index is -0.890. The van der Waals surface area contributed by atoms with E-state index < -0.39 is 17.7 Å². The Morgan fingerprint density at radius 3 is 2.54 bits per heavy atom. The molecule has 6 nitrogen and oxygen atoms in total. The predicted octanol–water partition coefficient (Wildman–Crippen LogP) is 3.07. The van der Waals surface area contributed by atoms with Gasteiger partial charge in [0.05, 0.1) is 18.8 Å². The molecule has 1 aromatic carbocycles. The zero-order valence-electron chi connectivity index (χ0n) is 14.5. The Bertz CT molecular complexity index is 761. The summed E-state index contributed by atoms with van der Waals surface area (Å²) in [5.74, 6) is -0.690. The van der Waals surface area contributed by atoms with E-state index in [1.807, 2.05) is 13.8 Å². The Morgan fingerprint density at radius 1 is 1.35 bits per heavy atom. The number of halogens is 2. The molecule has 0 saturated heterocycles. The number of carbonyl (C=O) groups is 1. The van der Waals surface area contributed by atoms with Crippen LogP contribution < -0.4 is 5.73 Å². The normalized spacial score (nSPS) is 11.2. The predicted molar refractivity (Wildman–Crippen MR) is 93.1 cm³/mol. The monoisotopic (exact) mass is 385 g/mol. The summed E-state index contributed by atoms with van der Waals surface area (Å²) in [5.41, 5.74) is 5.73. The Labute approximate surface area is 154 Å². The summed E-state index contributed by atoms with van der Waals surface area (Å²) in [7, 11) is 0. The van der Waals surface area contributed by atoms with Crippen molar-refractivity contribution in [2.45, 2.75) is 42.7 Å². The van der Waals surface area contributed by atoms with Gasteiger partial charge in [-0.05, 0) is 18.1 Å². The molecule has 0 aliphatic carbocycles. The highest BCUT2D eigenvalue weighted by Gasteiger charge is 2.21. The summed E-state index contributed by atoms with van der Waals surface area (Å²) >= 11 is 1.17. The maximum absolute atomic E-state index is 13.5. The van der Waals surface area contributed by atoms with Crippen molar-refractivity contribution in [1.82, 2.24) is 9.55 Å². The Kier molecular flexibility index (Phi) is 6.98. The number of hydrogen-bond donors (Lipinski definition) is 2. The molecular formula is C17H21F2N3O3S. The summed E-state index contributed by atoms with van der Waals surface area (Å²) in [6.07, 6.45) is -0.590. The number of hydrogen-bond acceptors (Lipinski definition) is 5. The highest BCUT2D eigenvalue weighted by Crippen LogP contribution is 2.35. The fourth-order valence-electron chi connectivity index (χ4n) is 2.44. The van der Waals surface area contributed by atoms with E-state index in [0.29, 0.717) is 22.2 Å². The largest absolute Gasteiger partial charge is 0.448 e. The van der Waals surface area contributed by atoms with Crippen molar-refractivity contribution < 1.29 is 23.4 Å². The SMILES string of the molecule is CC(C)c1nc(CCO)n(CCOC(N)=O)c1Sc1cc(F)cc(F)c1. The molecule has 0 bridgehead atoms. The average Bonchev–Trinajstić information content (AvgIpc) is 2.85. The lowest BCUT2D eigenvalue weighted by Crippen LogP contribution is -2.18. The fraction of sp³-hybridized carbons (Fsp3) is 0.412. The highest BCUT2D eigenvalue weighted by atomic mass is 32.2. The van der Waals surface area contributed by atoms with Crippen LogP contribution in [0.3, 0.4) is 0 Å². The van der Waals surface area contributed by atoms with Crippen molar-refractivity contribution in [1.29, 1.82) is 0 Å². The molecule has 26 heavy (non-hydrogen) atoms. The van der Waals surface area contributed by atoms with Gasteiger partial charge in [-0.1, -0.05) is 25.6 Å². The number of nitrogens with two attached hydrogens (primary N) is 1. The zero-order chi connectivity index (χ0) is 19.3. The summed E-state index contributed by atoms with van der Waals surface area (Å²) in [6.45, 7) is 4.08. The second-order valence-electron chi connectivity index (χ2n) is 5.87. The number of primary amides is 1. The summed E-state index contributed by atoms with van der Waals surface area (Å²) in [5, 5.41) is 9.98. The molecule has 0 radical (unpaired) electrons. The molecule has 0 aliphatic rings. The van der Waals surface area contributed by atoms with E-state index in [-0.39, 0.29) is 25.7 Å². The lowest BCUT2D eigenvalue weighted by Gasteiger charge is -2.13. The number of ether oxygens (including phenoxy) is 1. The Morgan fingerprint density at radius 2 is 2.00 bits per heavy atom. The topological polar surface area (TPSA) is 90.4 Å². The number of carbonyl (C=O) groups excluding carboxylic acids is 1. The molecule has 0 saturated carbocycles. The first kappa shape index (κ1) is 20.2. The number of rotatable bonds is 8. The van der Waals surface area contributed by atoms with Crippen LogP contribution in [0.1, 0.15) is 31.3 Å². The number of aromatic nitrogens is 2. The van der Waals surface area contributed by atoms with E-state index in [2.05, 4.69) is 4.98 Å². The maximum atomic E-state index is 13.5. The number of imidazole rings is 1. The van der Waals surface area contributed by atoms with Crippen molar-refractivity contribution >= 4 is 17.9 Å². The molecule has 9 heteroatoms. The molecule has 0 spiro atoms. The van der Waals surface area contributed by atoms with Gasteiger partial charge in [-0.3, -0.25) is 0 Å². The molecule has 2 aromatic rings. The van der Waals surface area contributed by atoms with Crippen molar-refractivity contribution in [3.05, 3.63) is 41.4 Å². The maximum Gasteiger partial charge on any atom is 0.404 e. The Hall–Kier alpha value is -2.13. The molecule has 1 amide bonds. The number of nitrogens with zero attached hydrogens (tertiary/aromatic N) is 2. The van der Waals surface area contributed by atoms with Gasteiger partial charge in [-0.25, -0.2) is 18.6 Å². The molecule has 0 atom stereocenters. The number of aliphatic hydroxyl groups excluding tert-OH is 1. The van der Waals surface area contributed by atoms with Crippen LogP contribution in [0.15, 0.2) is 28.1 Å². The first-order chi connectivity index (χ1) is 12.3. The Balaban J connectivity index is 2.43. The van der Waals surface area contributed by atoms with Gasteiger partial charge >= 0.3 is 6.09 Å². The molecule has 3 N–H and O–H groups in total. The van der Waals surface area contributed by atoms with Gasteiger partial charge in [-0.2, -0.15) is 0 Å². The highest BCUT2D eigenvalue weighted by molar-refractivity contribution is 7.99. The fourth-order valence-corrected chi connectivity index (χ4v) is 3.70. The van der Waals surface area contributed by atoms with Crippen LogP contribution in [0.2, 0.25) is 0 Å². The lowest BCUT2D eigenvalue weighted by atomic mass is 10.1. The van der Waals surface area contributed by atoms with E-state index in [1.54, 1.807) is 4.57 Å². The van der Waals surface area contributed by atoms with Gasteiger partial charge in [0.15, 0.2) is 0 Å². The molecule has 1 heterocycles. The van der Waals surface area contributed by atoms with Crippen molar-refractivity contribution in [2.75, 3.05) is 13.2 Å². The van der Waals surface area contributed by atoms with Gasteiger partial charge < -0.3 is 20.1 Å². The third-order valence-corrected chi connectivity index (χ3v) is 4.61. The van der Waals surface area contributed by atoms with Crippen molar-refractivity contribution in [2.24, 2.45) is 5.73 Å². The van der Waals surface area contributed by atoms with Crippen LogP contribution in [0.25, 0.3) is 0 Å². The van der Waals surface area contributed by atoms with Crippen LogP contribution in [0.5, 0.6) is 0 Å². The van der Waals surface area contributed by atoms with Crippen LogP contribution in [-0.4, -0.2) is 34.0 Å². The molecule has 2 rings (SSSR count). The van der Waals surface area contributed by atoms with Crippen LogP contribution in [0, 0.1) is 11.6 Å². The zero-order valence-corrected chi connectivity index (χ0v) is 15.4. The van der Waals surface area contributed by atoms with Crippen molar-refractivity contribution in [3.63, 3.8) is 0 Å². The minimum absolute atomic E-state index is 0.0206. The van der Waals surface area contributed by atoms with E-state index in [1.165, 1.54) is 23.9 Å². The average molecular weight is 385 g/mol. The van der Waals surface area contributed by atoms with E-state index in [9.17, 15) is 18.7 Å². The molecule has 0 fully saturated rings. The minimum Gasteiger partial charge on any atom is -0.448 e. The van der Waals surface area contributed by atoms with Gasteiger partial charge in [0.2, 0.25) is 0 Å². The van der Waals surface area contributed by atoms with Crippen LogP contribution >= 0.6 is 11.8 Å². The number of amides is 1. The van der Waals surface area contributed by atoms with Crippen LogP contribution in [0.4, 0.5) is 13.6 Å². The first-order valence-electron chi connectivity index (χ1n) is 8.08. The lowest BCUT2D eigenvalue weighted by molar-refractivity contribution is 0.151. The number of aliphatic hydroxyl groups is 1. The third kappa shape index (κ3) is 5.18. The van der Waals surface area contributed by atoms with Gasteiger partial charge in [0, 0.05) is 17.4 Å². The second-order valence-corrected chi connectivity index (χ2v) is 6.94. The first-order valence-corrected chi connectivity index (χ1v) is 8.89. The quantitative estimate of drug-likeness (QED) is 0.729. The molecule has 1 aromatic heterocycles. The van der Waals surface area contributed by atoms with Gasteiger partial charge in [0.1, 0.15) is 29.1 Å². The second kappa shape index (κ2) is 9.00. The van der Waals surface area contributed by atoms with Gasteiger partial charge in [0.25, 0.3) is 0 Å². The summed E-state index contributed by atoms with van der Waals surface area (Å²) < 4.78 is 33.6. The molecule has 142 valence electrons. The van der Waals surface area contributed by atoms with Gasteiger partial charge in [-0.15, -0.1) is 0 Å². The summed E-state index contributed by atoms with van der Waals surface area (Å²) in [4.78, 5) is 15.8. The smallest absolute Gasteiger partial charge is 0.404 e. The number of benzene rings is 1. The standard InChI is InChI=1S/C17H21F2N3O3S/c1-10(2)15-16(26-13-8-11(18)7-12(19)9-13)22(4-6-25-17(20)24)14(21-15)3-5-23/h7-10,23H,3-6H2,1-2H3,(H2,20,24). The van der Waals surface area contributed by atoms with Crippen molar-refractivity contribution in [3.8, 4) is 0 Å². The molecule has 0 unspecified atom stereocenters. The van der Waals surface area contributed by atoms with E-state index in [0.717, 1.165) is 11.8 Å². The van der Waals surface area contributed by atoms with E-state index in [4.69, 9.17) is 10.5 Å². The van der Waals surface area contributed by atoms with Crippen LogP contribution in [-0.2, 0) is 17.7 Å². The van der Waals surface area contributed by atoms with E-state index >= 15 is 0 Å². The molecular weight excluding hydrogens is 364 g/mol.